The topological polar surface area (TPSA) is 162 Å². The van der Waals surface area contributed by atoms with E-state index in [-0.39, 0.29) is 29.8 Å². The van der Waals surface area contributed by atoms with Gasteiger partial charge in [-0.25, -0.2) is 28.2 Å². The van der Waals surface area contributed by atoms with Crippen molar-refractivity contribution in [2.24, 2.45) is 5.92 Å². The second-order valence-electron chi connectivity index (χ2n) is 12.8. The zero-order valence-electron chi connectivity index (χ0n) is 26.7. The molecule has 2 aromatic heterocycles. The van der Waals surface area contributed by atoms with E-state index in [2.05, 4.69) is 25.6 Å². The lowest BCUT2D eigenvalue weighted by molar-refractivity contribution is -0.132. The molecule has 0 saturated carbocycles. The van der Waals surface area contributed by atoms with Crippen LogP contribution in [0.1, 0.15) is 55.4 Å². The molecule has 0 aliphatic rings. The minimum Gasteiger partial charge on any atom is -0.490 e. The number of aromatic nitrogens is 3. The number of carbonyl (C=O) groups is 1. The largest absolute Gasteiger partial charge is 0.490 e. The van der Waals surface area contributed by atoms with Crippen molar-refractivity contribution >= 4 is 59.9 Å². The molecule has 2 aromatic carbocycles. The Morgan fingerprint density at radius 3 is 2.40 bits per heavy atom. The minimum atomic E-state index is -3.88. The fourth-order valence-electron chi connectivity index (χ4n) is 4.32. The van der Waals surface area contributed by atoms with Gasteiger partial charge in [0.2, 0.25) is 0 Å². The predicted octanol–water partition coefficient (Wildman–Crippen LogP) is 5.82. The van der Waals surface area contributed by atoms with E-state index >= 15 is 0 Å². The van der Waals surface area contributed by atoms with Crippen LogP contribution in [0.5, 0.6) is 5.75 Å². The average Bonchev–Trinajstić information content (AvgIpc) is 3.40. The Bertz CT molecular complexity index is 1760. The maximum absolute atomic E-state index is 13.7. The third-order valence-corrected chi connectivity index (χ3v) is 10.0. The lowest BCUT2D eigenvalue weighted by Gasteiger charge is -2.29. The van der Waals surface area contributed by atoms with E-state index in [0.29, 0.717) is 16.7 Å². The smallest absolute Gasteiger partial charge is 0.408 e. The first-order valence-electron chi connectivity index (χ1n) is 14.5. The van der Waals surface area contributed by atoms with Gasteiger partial charge in [-0.05, 0) is 71.7 Å². The lowest BCUT2D eigenvalue weighted by Crippen LogP contribution is -2.49. The van der Waals surface area contributed by atoms with E-state index in [0.717, 1.165) is 15.9 Å². The van der Waals surface area contributed by atoms with Gasteiger partial charge in [0.15, 0.2) is 16.1 Å². The van der Waals surface area contributed by atoms with Crippen LogP contribution in [-0.4, -0.2) is 70.5 Å². The number of fused-ring (bicyclic) bond motifs is 2. The van der Waals surface area contributed by atoms with Crippen molar-refractivity contribution in [1.82, 2.24) is 20.3 Å². The second-order valence-corrected chi connectivity index (χ2v) is 16.4. The van der Waals surface area contributed by atoms with Crippen LogP contribution in [0.2, 0.25) is 0 Å². The van der Waals surface area contributed by atoms with Crippen LogP contribution in [0.25, 0.3) is 21.1 Å². The molecule has 0 bridgehead atoms. The third kappa shape index (κ3) is 8.37. The molecular formula is C31H41N5O7S2. The van der Waals surface area contributed by atoms with Crippen molar-refractivity contribution in [1.29, 1.82) is 0 Å². The Labute approximate surface area is 267 Å². The molecule has 2 heterocycles. The van der Waals surface area contributed by atoms with Crippen LogP contribution in [-0.2, 0) is 19.3 Å². The van der Waals surface area contributed by atoms with Gasteiger partial charge in [0, 0.05) is 17.1 Å². The van der Waals surface area contributed by atoms with E-state index in [1.165, 1.54) is 23.7 Å². The quantitative estimate of drug-likeness (QED) is 0.131. The first-order chi connectivity index (χ1) is 21.0. The predicted molar refractivity (Wildman–Crippen MR) is 175 cm³/mol. The number of alkyl carbamates (subject to hydrolysis) is 1. The number of thiazole rings is 1. The van der Waals surface area contributed by atoms with Gasteiger partial charge in [-0.2, -0.15) is 0 Å². The molecule has 0 spiro atoms. The molecule has 2 atom stereocenters. The van der Waals surface area contributed by atoms with Gasteiger partial charge >= 0.3 is 6.09 Å². The van der Waals surface area contributed by atoms with Gasteiger partial charge in [-0.1, -0.05) is 13.8 Å². The van der Waals surface area contributed by atoms with E-state index in [4.69, 9.17) is 14.2 Å². The molecule has 0 aliphatic carbocycles. The average molecular weight is 660 g/mol. The number of hydrogen-bond donors (Lipinski definition) is 3. The summed E-state index contributed by atoms with van der Waals surface area (Å²) in [6.45, 7) is 13.5. The summed E-state index contributed by atoms with van der Waals surface area (Å²) in [5.74, 6) is 0.342. The summed E-state index contributed by atoms with van der Waals surface area (Å²) in [5, 5.41) is 17.1. The summed E-state index contributed by atoms with van der Waals surface area (Å²) in [7, 11) is -3.88. The number of carbonyl (C=O) groups excluding carboxylic acids is 1. The van der Waals surface area contributed by atoms with E-state index in [1.807, 2.05) is 32.0 Å². The Hall–Kier alpha value is -3.59. The van der Waals surface area contributed by atoms with E-state index in [1.54, 1.807) is 53.1 Å². The Morgan fingerprint density at radius 1 is 1.00 bits per heavy atom. The summed E-state index contributed by atoms with van der Waals surface area (Å²) in [4.78, 5) is 25.4. The SMILES string of the molecule is CC(C)[C@H](NC(=O)OC(C)(C)C)C(O)OCCOc1cc2ncnc(Nc3ccc4scnc4c3)c2cc1S(=O)(=O)C(C)(C)C. The van der Waals surface area contributed by atoms with E-state index < -0.39 is 38.6 Å². The first-order valence-corrected chi connectivity index (χ1v) is 16.9. The zero-order chi connectivity index (χ0) is 33.2. The first kappa shape index (κ1) is 34.3. The van der Waals surface area contributed by atoms with Crippen molar-refractivity contribution < 1.29 is 32.5 Å². The number of nitrogens with one attached hydrogen (secondary N) is 2. The molecule has 4 rings (SSSR count). The number of aliphatic hydroxyl groups is 1. The highest BCUT2D eigenvalue weighted by Gasteiger charge is 2.34. The van der Waals surface area contributed by atoms with Gasteiger partial charge in [-0.15, -0.1) is 11.3 Å². The molecule has 244 valence electrons. The van der Waals surface area contributed by atoms with Crippen molar-refractivity contribution in [3.63, 3.8) is 0 Å². The number of hydrogen-bond acceptors (Lipinski definition) is 12. The Balaban J connectivity index is 1.56. The fraction of sp³-hybridized carbons (Fsp3) is 0.484. The molecule has 1 unspecified atom stereocenters. The number of rotatable bonds is 11. The van der Waals surface area contributed by atoms with Crippen LogP contribution in [0, 0.1) is 5.92 Å². The zero-order valence-corrected chi connectivity index (χ0v) is 28.4. The molecular weight excluding hydrogens is 619 g/mol. The number of sulfone groups is 1. The molecule has 14 heteroatoms. The Kier molecular flexibility index (Phi) is 10.2. The molecule has 0 radical (unpaired) electrons. The Morgan fingerprint density at radius 2 is 1.73 bits per heavy atom. The van der Waals surface area contributed by atoms with Gasteiger partial charge in [-0.3, -0.25) is 0 Å². The summed E-state index contributed by atoms with van der Waals surface area (Å²) in [5.41, 5.74) is 3.11. The summed E-state index contributed by atoms with van der Waals surface area (Å²) >= 11 is 1.54. The highest BCUT2D eigenvalue weighted by atomic mass is 32.2. The number of amides is 1. The minimum absolute atomic E-state index is 0.0255. The van der Waals surface area contributed by atoms with Crippen LogP contribution in [0.3, 0.4) is 0 Å². The number of nitrogens with zero attached hydrogens (tertiary/aromatic N) is 3. The number of benzene rings is 2. The molecule has 0 aliphatic heterocycles. The van der Waals surface area contributed by atoms with Gasteiger partial charge in [0.05, 0.1) is 38.6 Å². The van der Waals surface area contributed by atoms with Crippen LogP contribution >= 0.6 is 11.3 Å². The van der Waals surface area contributed by atoms with Gasteiger partial charge < -0.3 is 30.0 Å². The van der Waals surface area contributed by atoms with Crippen LogP contribution in [0.15, 0.2) is 47.1 Å². The van der Waals surface area contributed by atoms with Gasteiger partial charge in [0.25, 0.3) is 0 Å². The van der Waals surface area contributed by atoms with Crippen LogP contribution in [0.4, 0.5) is 16.3 Å². The number of aliphatic hydroxyl groups excluding tert-OH is 1. The van der Waals surface area contributed by atoms with E-state index in [9.17, 15) is 18.3 Å². The van der Waals surface area contributed by atoms with Gasteiger partial charge in [0.1, 0.15) is 35.0 Å². The number of ether oxygens (including phenoxy) is 3. The number of anilines is 2. The van der Waals surface area contributed by atoms with Crippen molar-refractivity contribution in [2.75, 3.05) is 18.5 Å². The monoisotopic (exact) mass is 659 g/mol. The highest BCUT2D eigenvalue weighted by Crippen LogP contribution is 2.37. The second kappa shape index (κ2) is 13.4. The maximum Gasteiger partial charge on any atom is 0.408 e. The lowest BCUT2D eigenvalue weighted by atomic mass is 10.0. The summed E-state index contributed by atoms with van der Waals surface area (Å²) in [6, 6.07) is 8.07. The molecule has 4 aromatic rings. The normalized spacial score (nSPS) is 14.0. The molecule has 45 heavy (non-hydrogen) atoms. The van der Waals surface area contributed by atoms with Crippen molar-refractivity contribution in [3.05, 3.63) is 42.2 Å². The third-order valence-electron chi connectivity index (χ3n) is 6.73. The van der Waals surface area contributed by atoms with Crippen molar-refractivity contribution in [2.45, 2.75) is 83.0 Å². The molecule has 0 saturated heterocycles. The highest BCUT2D eigenvalue weighted by molar-refractivity contribution is 7.92. The maximum atomic E-state index is 13.7. The van der Waals surface area contributed by atoms with Crippen molar-refractivity contribution in [3.8, 4) is 5.75 Å². The summed E-state index contributed by atoms with van der Waals surface area (Å²) < 4.78 is 44.2. The summed E-state index contributed by atoms with van der Waals surface area (Å²) in [6.07, 6.45) is -0.648. The fourth-order valence-corrected chi connectivity index (χ4v) is 6.30. The molecule has 1 amide bonds. The molecule has 3 N–H and O–H groups in total. The molecule has 12 nitrogen and oxygen atoms in total. The standard InChI is InChI=1S/C31H41N5O7S2/c1-18(2)26(36-29(38)43-30(3,4)5)28(37)42-12-11-41-23-15-21-20(14-25(23)45(39,40)31(6,7)8)27(33-16-32-21)35-19-9-10-24-22(13-19)34-17-44-24/h9-10,13-18,26,28,37H,11-12H2,1-8H3,(H,36,38)(H,32,33,35)/t26-,28?/m0/s1. The van der Waals surface area contributed by atoms with Crippen LogP contribution < -0.4 is 15.4 Å². The molecule has 0 fully saturated rings.